The Balaban J connectivity index is 2.27. The lowest BCUT2D eigenvalue weighted by Crippen LogP contribution is -2.27. The summed E-state index contributed by atoms with van der Waals surface area (Å²) in [7, 11) is 0. The second kappa shape index (κ2) is 4.63. The van der Waals surface area contributed by atoms with Crippen LogP contribution in [0.2, 0.25) is 0 Å². The summed E-state index contributed by atoms with van der Waals surface area (Å²) in [4.78, 5) is 25.0. The summed E-state index contributed by atoms with van der Waals surface area (Å²) in [6.45, 7) is 2.19. The molecule has 1 aromatic carbocycles. The lowest BCUT2D eigenvalue weighted by atomic mass is 10.2. The minimum atomic E-state index is -0.223. The van der Waals surface area contributed by atoms with E-state index in [1.807, 2.05) is 12.1 Å². The van der Waals surface area contributed by atoms with Crippen LogP contribution >= 0.6 is 11.8 Å². The van der Waals surface area contributed by atoms with E-state index in [0.717, 1.165) is 17.3 Å². The van der Waals surface area contributed by atoms with E-state index in [1.165, 1.54) is 4.90 Å². The number of nitrogens with two attached hydrogens (primary N) is 1. The molecular formula is C12H12N2O2S. The fraction of sp³-hybridized carbons (Fsp3) is 0.167. The van der Waals surface area contributed by atoms with Crippen LogP contribution in [0.5, 0.6) is 0 Å². The van der Waals surface area contributed by atoms with E-state index in [4.69, 9.17) is 5.73 Å². The molecule has 0 atom stereocenters. The van der Waals surface area contributed by atoms with Crippen molar-refractivity contribution in [2.45, 2.75) is 6.92 Å². The van der Waals surface area contributed by atoms with Crippen LogP contribution in [0, 0.1) is 0 Å². The van der Waals surface area contributed by atoms with E-state index in [0.29, 0.717) is 17.1 Å². The summed E-state index contributed by atoms with van der Waals surface area (Å²) in [5.41, 5.74) is 7.10. The van der Waals surface area contributed by atoms with Gasteiger partial charge in [-0.1, -0.05) is 12.1 Å². The number of carbonyl (C=O) groups is 2. The molecule has 2 N–H and O–H groups in total. The van der Waals surface area contributed by atoms with E-state index in [1.54, 1.807) is 25.1 Å². The van der Waals surface area contributed by atoms with Crippen molar-refractivity contribution in [3.8, 4) is 0 Å². The van der Waals surface area contributed by atoms with Crippen molar-refractivity contribution in [2.75, 3.05) is 12.3 Å². The Kier molecular flexibility index (Phi) is 3.19. The van der Waals surface area contributed by atoms with Crippen LogP contribution in [0.15, 0.2) is 29.2 Å². The average Bonchev–Trinajstić information content (AvgIpc) is 2.57. The fourth-order valence-corrected chi connectivity index (χ4v) is 2.42. The molecule has 0 spiro atoms. The summed E-state index contributed by atoms with van der Waals surface area (Å²) < 4.78 is 0. The van der Waals surface area contributed by atoms with Crippen LogP contribution < -0.4 is 5.73 Å². The zero-order chi connectivity index (χ0) is 12.4. The number of hydrogen-bond donors (Lipinski definition) is 1. The first-order chi connectivity index (χ1) is 8.11. The Bertz CT molecular complexity index is 494. The number of rotatable bonds is 2. The number of nitrogens with zero attached hydrogens (tertiary/aromatic N) is 1. The topological polar surface area (TPSA) is 63.4 Å². The maximum Gasteiger partial charge on any atom is 0.293 e. The molecule has 1 saturated heterocycles. The molecule has 0 radical (unpaired) electrons. The van der Waals surface area contributed by atoms with Gasteiger partial charge >= 0.3 is 0 Å². The van der Waals surface area contributed by atoms with E-state index in [9.17, 15) is 9.59 Å². The summed E-state index contributed by atoms with van der Waals surface area (Å²) in [6, 6.07) is 7.15. The van der Waals surface area contributed by atoms with Crippen molar-refractivity contribution in [3.05, 3.63) is 34.7 Å². The van der Waals surface area contributed by atoms with E-state index in [2.05, 4.69) is 0 Å². The number of hydrogen-bond acceptors (Lipinski definition) is 4. The third-order valence-electron chi connectivity index (χ3n) is 2.42. The molecule has 0 aliphatic carbocycles. The number of thioether (sulfide) groups is 1. The smallest absolute Gasteiger partial charge is 0.293 e. The van der Waals surface area contributed by atoms with Gasteiger partial charge in [-0.3, -0.25) is 14.5 Å². The molecule has 0 bridgehead atoms. The van der Waals surface area contributed by atoms with Gasteiger partial charge < -0.3 is 5.73 Å². The summed E-state index contributed by atoms with van der Waals surface area (Å²) >= 11 is 0.973. The van der Waals surface area contributed by atoms with Crippen molar-refractivity contribution in [1.82, 2.24) is 4.90 Å². The zero-order valence-electron chi connectivity index (χ0n) is 9.34. The van der Waals surface area contributed by atoms with Gasteiger partial charge in [-0.2, -0.15) is 0 Å². The quantitative estimate of drug-likeness (QED) is 0.644. The lowest BCUT2D eigenvalue weighted by molar-refractivity contribution is -0.122. The van der Waals surface area contributed by atoms with Gasteiger partial charge in [-0.15, -0.1) is 0 Å². The molecule has 1 heterocycles. The highest BCUT2D eigenvalue weighted by atomic mass is 32.2. The Morgan fingerprint density at radius 2 is 1.94 bits per heavy atom. The molecule has 0 unspecified atom stereocenters. The van der Waals surface area contributed by atoms with Gasteiger partial charge in [0, 0.05) is 12.2 Å². The fourth-order valence-electron chi connectivity index (χ4n) is 1.52. The first-order valence-electron chi connectivity index (χ1n) is 5.22. The van der Waals surface area contributed by atoms with Gasteiger partial charge in [0.1, 0.15) is 0 Å². The SMILES string of the molecule is CCN1C(=O)S/C(=C\c2ccc(N)cc2)C1=O. The van der Waals surface area contributed by atoms with Crippen LogP contribution in [-0.4, -0.2) is 22.6 Å². The number of imide groups is 1. The molecule has 5 heteroatoms. The molecule has 17 heavy (non-hydrogen) atoms. The molecule has 1 fully saturated rings. The number of benzene rings is 1. The van der Waals surface area contributed by atoms with E-state index >= 15 is 0 Å². The zero-order valence-corrected chi connectivity index (χ0v) is 10.2. The highest BCUT2D eigenvalue weighted by Gasteiger charge is 2.33. The molecular weight excluding hydrogens is 236 g/mol. The summed E-state index contributed by atoms with van der Waals surface area (Å²) in [5, 5.41) is -0.209. The Morgan fingerprint density at radius 3 is 2.47 bits per heavy atom. The molecule has 0 saturated carbocycles. The minimum absolute atomic E-state index is 0.209. The normalized spacial score (nSPS) is 18.2. The van der Waals surface area contributed by atoms with Crippen LogP contribution in [-0.2, 0) is 4.79 Å². The number of anilines is 1. The van der Waals surface area contributed by atoms with Crippen molar-refractivity contribution in [2.24, 2.45) is 0 Å². The maximum atomic E-state index is 11.8. The van der Waals surface area contributed by atoms with Gasteiger partial charge in [0.15, 0.2) is 0 Å². The van der Waals surface area contributed by atoms with Crippen molar-refractivity contribution in [1.29, 1.82) is 0 Å². The van der Waals surface area contributed by atoms with Gasteiger partial charge in [0.05, 0.1) is 4.91 Å². The monoisotopic (exact) mass is 248 g/mol. The van der Waals surface area contributed by atoms with Crippen LogP contribution in [0.25, 0.3) is 6.08 Å². The number of carbonyl (C=O) groups excluding carboxylic acids is 2. The first-order valence-corrected chi connectivity index (χ1v) is 6.04. The number of nitrogen functional groups attached to an aromatic ring is 1. The summed E-state index contributed by atoms with van der Waals surface area (Å²) in [6.07, 6.45) is 1.71. The Labute approximate surface area is 103 Å². The molecule has 88 valence electrons. The third kappa shape index (κ3) is 2.34. The average molecular weight is 248 g/mol. The predicted octanol–water partition coefficient (Wildman–Crippen LogP) is 2.33. The standard InChI is InChI=1S/C12H12N2O2S/c1-2-14-11(15)10(17-12(14)16)7-8-3-5-9(13)6-4-8/h3-7H,2,13H2,1H3/b10-7-. The number of amides is 2. The van der Waals surface area contributed by atoms with Gasteiger partial charge in [0.25, 0.3) is 11.1 Å². The Hall–Kier alpha value is -1.75. The molecule has 1 aromatic rings. The second-order valence-corrected chi connectivity index (χ2v) is 4.59. The third-order valence-corrected chi connectivity index (χ3v) is 3.33. The highest BCUT2D eigenvalue weighted by molar-refractivity contribution is 8.18. The van der Waals surface area contributed by atoms with Gasteiger partial charge in [0.2, 0.25) is 0 Å². The lowest BCUT2D eigenvalue weighted by Gasteiger charge is -2.06. The van der Waals surface area contributed by atoms with Crippen molar-refractivity contribution < 1.29 is 9.59 Å². The van der Waals surface area contributed by atoms with Crippen LogP contribution in [0.4, 0.5) is 10.5 Å². The predicted molar refractivity (Wildman–Crippen MR) is 69.2 cm³/mol. The molecule has 2 rings (SSSR count). The summed E-state index contributed by atoms with van der Waals surface area (Å²) in [5.74, 6) is -0.223. The molecule has 0 aromatic heterocycles. The van der Waals surface area contributed by atoms with E-state index < -0.39 is 0 Å². The molecule has 1 aliphatic rings. The van der Waals surface area contributed by atoms with Crippen molar-refractivity contribution in [3.63, 3.8) is 0 Å². The molecule has 1 aliphatic heterocycles. The van der Waals surface area contributed by atoms with E-state index in [-0.39, 0.29) is 11.1 Å². The number of likely N-dealkylation sites (N-methyl/N-ethyl adjacent to an activating group) is 1. The maximum absolute atomic E-state index is 11.8. The van der Waals surface area contributed by atoms with Gasteiger partial charge in [-0.05, 0) is 42.5 Å². The second-order valence-electron chi connectivity index (χ2n) is 3.59. The van der Waals surface area contributed by atoms with Crippen LogP contribution in [0.1, 0.15) is 12.5 Å². The largest absolute Gasteiger partial charge is 0.399 e. The molecule has 4 nitrogen and oxygen atoms in total. The highest BCUT2D eigenvalue weighted by Crippen LogP contribution is 2.31. The van der Waals surface area contributed by atoms with Gasteiger partial charge in [-0.25, -0.2) is 0 Å². The first kappa shape index (κ1) is 11.7. The minimum Gasteiger partial charge on any atom is -0.399 e. The van der Waals surface area contributed by atoms with Crippen molar-refractivity contribution >= 4 is 34.7 Å². The van der Waals surface area contributed by atoms with Crippen LogP contribution in [0.3, 0.4) is 0 Å². The molecule has 2 amide bonds. The Morgan fingerprint density at radius 1 is 1.29 bits per heavy atom.